The van der Waals surface area contributed by atoms with Crippen molar-refractivity contribution in [3.05, 3.63) is 30.6 Å². The Bertz CT molecular complexity index is 584. The van der Waals surface area contributed by atoms with Gasteiger partial charge in [-0.2, -0.15) is 0 Å². The second-order valence-corrected chi connectivity index (χ2v) is 5.71. The molecule has 1 aromatic carbocycles. The van der Waals surface area contributed by atoms with Crippen LogP contribution in [0.3, 0.4) is 0 Å². The molecular weight excluding hydrogens is 254 g/mol. The molecule has 0 atom stereocenters. The molecule has 0 radical (unpaired) electrons. The molecule has 0 aliphatic heterocycles. The predicted molar refractivity (Wildman–Crippen MR) is 78.6 cm³/mol. The summed E-state index contributed by atoms with van der Waals surface area (Å²) in [7, 11) is 0. The standard InChI is InChI=1S/C15H21N3O2/c1-15(2,3)20-14(19)16-9-6-10-18-11-17-12-7-4-5-8-13(12)18/h4-5,7-8,11H,6,9-10H2,1-3H3,(H,16,19). The lowest BCUT2D eigenvalue weighted by atomic mass is 10.2. The monoisotopic (exact) mass is 275 g/mol. The van der Waals surface area contributed by atoms with Crippen LogP contribution in [0.1, 0.15) is 27.2 Å². The van der Waals surface area contributed by atoms with Crippen LogP contribution < -0.4 is 5.32 Å². The van der Waals surface area contributed by atoms with Crippen molar-refractivity contribution in [2.24, 2.45) is 0 Å². The molecule has 1 aromatic heterocycles. The second-order valence-electron chi connectivity index (χ2n) is 5.71. The molecule has 1 heterocycles. The molecule has 0 bridgehead atoms. The average molecular weight is 275 g/mol. The fraction of sp³-hybridized carbons (Fsp3) is 0.467. The summed E-state index contributed by atoms with van der Waals surface area (Å²) in [6, 6.07) is 8.01. The molecule has 1 amide bonds. The van der Waals surface area contributed by atoms with Gasteiger partial charge in [-0.05, 0) is 39.3 Å². The Morgan fingerprint density at radius 1 is 1.35 bits per heavy atom. The first-order valence-corrected chi connectivity index (χ1v) is 6.82. The van der Waals surface area contributed by atoms with Gasteiger partial charge in [0.15, 0.2) is 0 Å². The minimum Gasteiger partial charge on any atom is -0.444 e. The van der Waals surface area contributed by atoms with Gasteiger partial charge in [0.05, 0.1) is 17.4 Å². The summed E-state index contributed by atoms with van der Waals surface area (Å²) in [5, 5.41) is 2.75. The summed E-state index contributed by atoms with van der Waals surface area (Å²) in [6.45, 7) is 6.95. The average Bonchev–Trinajstić information content (AvgIpc) is 2.76. The summed E-state index contributed by atoms with van der Waals surface area (Å²) in [5.41, 5.74) is 1.65. The van der Waals surface area contributed by atoms with Gasteiger partial charge in [-0.25, -0.2) is 9.78 Å². The summed E-state index contributed by atoms with van der Waals surface area (Å²) < 4.78 is 7.27. The summed E-state index contributed by atoms with van der Waals surface area (Å²) in [4.78, 5) is 15.8. The van der Waals surface area contributed by atoms with E-state index < -0.39 is 5.60 Å². The minimum atomic E-state index is -0.454. The highest BCUT2D eigenvalue weighted by molar-refractivity contribution is 5.74. The highest BCUT2D eigenvalue weighted by Gasteiger charge is 2.15. The number of nitrogens with zero attached hydrogens (tertiary/aromatic N) is 2. The van der Waals surface area contributed by atoms with Crippen LogP contribution in [0.5, 0.6) is 0 Å². The third kappa shape index (κ3) is 3.98. The minimum absolute atomic E-state index is 0.368. The van der Waals surface area contributed by atoms with Crippen LogP contribution >= 0.6 is 0 Å². The van der Waals surface area contributed by atoms with Crippen LogP contribution in [0.2, 0.25) is 0 Å². The lowest BCUT2D eigenvalue weighted by molar-refractivity contribution is 0.0527. The largest absolute Gasteiger partial charge is 0.444 e. The Labute approximate surface area is 118 Å². The van der Waals surface area contributed by atoms with E-state index in [4.69, 9.17) is 4.74 Å². The summed E-state index contributed by atoms with van der Waals surface area (Å²) in [6.07, 6.45) is 2.30. The zero-order valence-electron chi connectivity index (χ0n) is 12.2. The number of para-hydroxylation sites is 2. The number of imidazole rings is 1. The Balaban J connectivity index is 1.78. The van der Waals surface area contributed by atoms with Crippen molar-refractivity contribution >= 4 is 17.1 Å². The van der Waals surface area contributed by atoms with Gasteiger partial charge in [0.2, 0.25) is 0 Å². The number of hydrogen-bond acceptors (Lipinski definition) is 3. The van der Waals surface area contributed by atoms with Gasteiger partial charge in [0.1, 0.15) is 5.60 Å². The van der Waals surface area contributed by atoms with Crippen molar-refractivity contribution in [1.29, 1.82) is 0 Å². The number of nitrogens with one attached hydrogen (secondary N) is 1. The number of amides is 1. The normalized spacial score (nSPS) is 11.6. The maximum absolute atomic E-state index is 11.5. The first-order valence-electron chi connectivity index (χ1n) is 6.82. The van der Waals surface area contributed by atoms with Gasteiger partial charge < -0.3 is 14.6 Å². The molecule has 0 aliphatic rings. The molecule has 2 rings (SSSR count). The van der Waals surface area contributed by atoms with E-state index in [1.807, 2.05) is 51.4 Å². The molecule has 5 heteroatoms. The SMILES string of the molecule is CC(C)(C)OC(=O)NCCCn1cnc2ccccc21. The first-order chi connectivity index (χ1) is 9.46. The Kier molecular flexibility index (Phi) is 4.27. The molecule has 0 saturated carbocycles. The zero-order valence-corrected chi connectivity index (χ0v) is 12.2. The van der Waals surface area contributed by atoms with Gasteiger partial charge in [0, 0.05) is 13.1 Å². The molecular formula is C15H21N3O2. The van der Waals surface area contributed by atoms with Crippen molar-refractivity contribution in [2.75, 3.05) is 6.54 Å². The van der Waals surface area contributed by atoms with Gasteiger partial charge in [-0.15, -0.1) is 0 Å². The zero-order chi connectivity index (χ0) is 14.6. The number of aryl methyl sites for hydroxylation is 1. The molecule has 0 saturated heterocycles. The van der Waals surface area contributed by atoms with Crippen LogP contribution in [-0.2, 0) is 11.3 Å². The molecule has 20 heavy (non-hydrogen) atoms. The first kappa shape index (κ1) is 14.4. The topological polar surface area (TPSA) is 56.1 Å². The number of carbonyl (C=O) groups is 1. The van der Waals surface area contributed by atoms with E-state index in [2.05, 4.69) is 14.9 Å². The second kappa shape index (κ2) is 5.94. The maximum Gasteiger partial charge on any atom is 0.407 e. The van der Waals surface area contributed by atoms with E-state index in [0.717, 1.165) is 24.0 Å². The van der Waals surface area contributed by atoms with Crippen molar-refractivity contribution < 1.29 is 9.53 Å². The number of aromatic nitrogens is 2. The number of benzene rings is 1. The Morgan fingerprint density at radius 2 is 2.10 bits per heavy atom. The van der Waals surface area contributed by atoms with E-state index in [1.165, 1.54) is 0 Å². The van der Waals surface area contributed by atoms with Crippen LogP contribution in [0.15, 0.2) is 30.6 Å². The molecule has 5 nitrogen and oxygen atoms in total. The van der Waals surface area contributed by atoms with Crippen LogP contribution in [0.25, 0.3) is 11.0 Å². The molecule has 0 aliphatic carbocycles. The highest BCUT2D eigenvalue weighted by Crippen LogP contribution is 2.12. The predicted octanol–water partition coefficient (Wildman–Crippen LogP) is 2.95. The lowest BCUT2D eigenvalue weighted by Gasteiger charge is -2.19. The highest BCUT2D eigenvalue weighted by atomic mass is 16.6. The number of carbonyl (C=O) groups excluding carboxylic acids is 1. The fourth-order valence-electron chi connectivity index (χ4n) is 1.94. The Hall–Kier alpha value is -2.04. The van der Waals surface area contributed by atoms with E-state index >= 15 is 0 Å². The summed E-state index contributed by atoms with van der Waals surface area (Å²) >= 11 is 0. The van der Waals surface area contributed by atoms with Crippen LogP contribution in [-0.4, -0.2) is 27.8 Å². The number of hydrogen-bond donors (Lipinski definition) is 1. The van der Waals surface area contributed by atoms with Gasteiger partial charge in [0.25, 0.3) is 0 Å². The Morgan fingerprint density at radius 3 is 2.85 bits per heavy atom. The molecule has 0 unspecified atom stereocenters. The van der Waals surface area contributed by atoms with Gasteiger partial charge in [-0.1, -0.05) is 12.1 Å². The smallest absolute Gasteiger partial charge is 0.407 e. The van der Waals surface area contributed by atoms with Crippen molar-refractivity contribution in [2.45, 2.75) is 39.3 Å². The van der Waals surface area contributed by atoms with Crippen molar-refractivity contribution in [1.82, 2.24) is 14.9 Å². The third-order valence-corrected chi connectivity index (χ3v) is 2.77. The molecule has 0 spiro atoms. The number of ether oxygens (including phenoxy) is 1. The van der Waals surface area contributed by atoms with Crippen molar-refractivity contribution in [3.63, 3.8) is 0 Å². The van der Waals surface area contributed by atoms with Crippen LogP contribution in [0.4, 0.5) is 4.79 Å². The molecule has 2 aromatic rings. The van der Waals surface area contributed by atoms with E-state index in [1.54, 1.807) is 0 Å². The number of rotatable bonds is 4. The summed E-state index contributed by atoms with van der Waals surface area (Å²) in [5.74, 6) is 0. The molecule has 1 N–H and O–H groups in total. The fourth-order valence-corrected chi connectivity index (χ4v) is 1.94. The van der Waals surface area contributed by atoms with E-state index in [9.17, 15) is 4.79 Å². The number of alkyl carbamates (subject to hydrolysis) is 1. The third-order valence-electron chi connectivity index (χ3n) is 2.77. The van der Waals surface area contributed by atoms with Gasteiger partial charge in [-0.3, -0.25) is 0 Å². The lowest BCUT2D eigenvalue weighted by Crippen LogP contribution is -2.33. The molecule has 0 fully saturated rings. The molecule has 108 valence electrons. The quantitative estimate of drug-likeness (QED) is 0.873. The van der Waals surface area contributed by atoms with Gasteiger partial charge >= 0.3 is 6.09 Å². The maximum atomic E-state index is 11.5. The van der Waals surface area contributed by atoms with Crippen LogP contribution in [0, 0.1) is 0 Å². The van der Waals surface area contributed by atoms with Crippen molar-refractivity contribution in [3.8, 4) is 0 Å². The van der Waals surface area contributed by atoms with E-state index in [0.29, 0.717) is 6.54 Å². The van der Waals surface area contributed by atoms with E-state index in [-0.39, 0.29) is 6.09 Å². The number of fused-ring (bicyclic) bond motifs is 1.